The fourth-order valence-electron chi connectivity index (χ4n) is 2.00. The van der Waals surface area contributed by atoms with Gasteiger partial charge in [-0.3, -0.25) is 14.3 Å². The van der Waals surface area contributed by atoms with E-state index in [1.54, 1.807) is 24.1 Å². The van der Waals surface area contributed by atoms with Crippen LogP contribution in [-0.2, 0) is 31.1 Å². The number of alkyl halides is 3. The van der Waals surface area contributed by atoms with E-state index in [-0.39, 0.29) is 6.54 Å². The van der Waals surface area contributed by atoms with Gasteiger partial charge in [-0.2, -0.15) is 18.3 Å². The monoisotopic (exact) mass is 328 g/mol. The van der Waals surface area contributed by atoms with Crippen LogP contribution in [0.2, 0.25) is 0 Å². The normalized spacial score (nSPS) is 11.5. The summed E-state index contributed by atoms with van der Waals surface area (Å²) in [4.78, 5) is 25.0. The molecule has 0 radical (unpaired) electrons. The topological polar surface area (TPSA) is 60.1 Å². The van der Waals surface area contributed by atoms with Crippen molar-refractivity contribution in [2.45, 2.75) is 19.3 Å². The van der Waals surface area contributed by atoms with Crippen molar-refractivity contribution < 1.29 is 18.0 Å². The molecule has 0 N–H and O–H groups in total. The third-order valence-corrected chi connectivity index (χ3v) is 3.22. The summed E-state index contributed by atoms with van der Waals surface area (Å²) in [5.74, 6) is -0.477. The van der Waals surface area contributed by atoms with Crippen molar-refractivity contribution in [1.29, 1.82) is 0 Å². The van der Waals surface area contributed by atoms with Crippen LogP contribution in [0.15, 0.2) is 35.5 Å². The van der Waals surface area contributed by atoms with Crippen molar-refractivity contribution in [2.75, 3.05) is 7.05 Å². The van der Waals surface area contributed by atoms with Crippen LogP contribution in [-0.4, -0.2) is 32.2 Å². The zero-order valence-corrected chi connectivity index (χ0v) is 12.5. The Labute approximate surface area is 129 Å². The summed E-state index contributed by atoms with van der Waals surface area (Å²) in [6.45, 7) is -0.208. The number of aryl methyl sites for hydroxylation is 1. The largest absolute Gasteiger partial charge is 0.417 e. The molecule has 124 valence electrons. The molecule has 0 aromatic carbocycles. The molecule has 0 bridgehead atoms. The van der Waals surface area contributed by atoms with Crippen LogP contribution in [0.25, 0.3) is 0 Å². The highest BCUT2D eigenvalue weighted by Crippen LogP contribution is 2.27. The van der Waals surface area contributed by atoms with E-state index in [1.165, 1.54) is 11.9 Å². The Kier molecular flexibility index (Phi) is 4.57. The van der Waals surface area contributed by atoms with Gasteiger partial charge in [0.05, 0.1) is 11.8 Å². The smallest absolute Gasteiger partial charge is 0.340 e. The Hall–Kier alpha value is -2.58. The lowest BCUT2D eigenvalue weighted by Crippen LogP contribution is -2.33. The molecular weight excluding hydrogens is 313 g/mol. The summed E-state index contributed by atoms with van der Waals surface area (Å²) in [5.41, 5.74) is -0.860. The number of hydrogen-bond acceptors (Lipinski definition) is 3. The van der Waals surface area contributed by atoms with Crippen molar-refractivity contribution in [3.63, 3.8) is 0 Å². The Morgan fingerprint density at radius 3 is 2.57 bits per heavy atom. The number of carbonyl (C=O) groups excluding carboxylic acids is 1. The highest BCUT2D eigenvalue weighted by atomic mass is 19.4. The van der Waals surface area contributed by atoms with Gasteiger partial charge < -0.3 is 9.47 Å². The summed E-state index contributed by atoms with van der Waals surface area (Å²) >= 11 is 0. The van der Waals surface area contributed by atoms with Crippen molar-refractivity contribution in [2.24, 2.45) is 7.05 Å². The van der Waals surface area contributed by atoms with Gasteiger partial charge >= 0.3 is 6.18 Å². The molecule has 6 nitrogen and oxygen atoms in total. The highest BCUT2D eigenvalue weighted by molar-refractivity contribution is 5.75. The third-order valence-electron chi connectivity index (χ3n) is 3.22. The highest BCUT2D eigenvalue weighted by Gasteiger charge is 2.31. The van der Waals surface area contributed by atoms with Gasteiger partial charge in [-0.1, -0.05) is 0 Å². The zero-order valence-electron chi connectivity index (χ0n) is 12.5. The Balaban J connectivity index is 2.11. The van der Waals surface area contributed by atoms with Gasteiger partial charge in [0, 0.05) is 44.7 Å². The number of pyridine rings is 1. The van der Waals surface area contributed by atoms with E-state index in [4.69, 9.17) is 0 Å². The van der Waals surface area contributed by atoms with Gasteiger partial charge in [-0.05, 0) is 6.07 Å². The minimum absolute atomic E-state index is 0.250. The first-order chi connectivity index (χ1) is 10.7. The number of hydrogen-bond donors (Lipinski definition) is 0. The maximum atomic E-state index is 12.7. The Morgan fingerprint density at radius 1 is 1.30 bits per heavy atom. The lowest BCUT2D eigenvalue weighted by Gasteiger charge is -2.17. The molecule has 0 unspecified atom stereocenters. The molecular formula is C14H15F3N4O2. The molecule has 0 atom stereocenters. The van der Waals surface area contributed by atoms with Crippen LogP contribution in [0.3, 0.4) is 0 Å². The molecule has 0 aliphatic heterocycles. The number of aromatic nitrogens is 3. The summed E-state index contributed by atoms with van der Waals surface area (Å²) in [6, 6.07) is 1.50. The standard InChI is InChI=1S/C14H15F3N4O2/c1-19(6-10-5-18-20(2)7-10)13(23)9-21-8-11(14(15,16)17)3-4-12(21)22/h3-5,7-8H,6,9H2,1-2H3. The lowest BCUT2D eigenvalue weighted by molar-refractivity contribution is -0.138. The Morgan fingerprint density at radius 2 is 2.00 bits per heavy atom. The number of amides is 1. The quantitative estimate of drug-likeness (QED) is 0.849. The third kappa shape index (κ3) is 4.21. The van der Waals surface area contributed by atoms with Gasteiger partial charge in [0.1, 0.15) is 6.54 Å². The fraction of sp³-hybridized carbons (Fsp3) is 0.357. The molecule has 23 heavy (non-hydrogen) atoms. The first-order valence-electron chi connectivity index (χ1n) is 6.66. The molecule has 0 spiro atoms. The minimum Gasteiger partial charge on any atom is -0.340 e. The summed E-state index contributed by atoms with van der Waals surface area (Å²) in [5, 5.41) is 3.96. The number of nitrogens with zero attached hydrogens (tertiary/aromatic N) is 4. The number of halogens is 3. The van der Waals surface area contributed by atoms with E-state index in [0.29, 0.717) is 12.3 Å². The van der Waals surface area contributed by atoms with Crippen molar-refractivity contribution in [3.8, 4) is 0 Å². The van der Waals surface area contributed by atoms with Crippen LogP contribution in [0.1, 0.15) is 11.1 Å². The second-order valence-corrected chi connectivity index (χ2v) is 5.15. The van der Waals surface area contributed by atoms with Crippen LogP contribution in [0.4, 0.5) is 13.2 Å². The summed E-state index contributed by atoms with van der Waals surface area (Å²) in [6.07, 6.45) is -0.612. The van der Waals surface area contributed by atoms with Crippen LogP contribution >= 0.6 is 0 Å². The van der Waals surface area contributed by atoms with Crippen molar-refractivity contribution in [1.82, 2.24) is 19.2 Å². The number of rotatable bonds is 4. The summed E-state index contributed by atoms with van der Waals surface area (Å²) in [7, 11) is 3.24. The number of carbonyl (C=O) groups is 1. The van der Waals surface area contributed by atoms with Gasteiger partial charge in [0.15, 0.2) is 0 Å². The molecule has 2 aromatic rings. The SMILES string of the molecule is CN(Cc1cnn(C)c1)C(=O)Cn1cc(C(F)(F)F)ccc1=O. The molecule has 0 aliphatic rings. The second-order valence-electron chi connectivity index (χ2n) is 5.15. The predicted molar refractivity (Wildman–Crippen MR) is 75.4 cm³/mol. The molecule has 9 heteroatoms. The van der Waals surface area contributed by atoms with E-state index in [1.807, 2.05) is 0 Å². The lowest BCUT2D eigenvalue weighted by atomic mass is 10.2. The molecule has 2 heterocycles. The van der Waals surface area contributed by atoms with Crippen LogP contribution < -0.4 is 5.56 Å². The average molecular weight is 328 g/mol. The molecule has 0 aliphatic carbocycles. The summed E-state index contributed by atoms with van der Waals surface area (Å²) < 4.78 is 40.3. The van der Waals surface area contributed by atoms with E-state index >= 15 is 0 Å². The van der Waals surface area contributed by atoms with Gasteiger partial charge in [-0.25, -0.2) is 0 Å². The molecule has 2 aromatic heterocycles. The van der Waals surface area contributed by atoms with Gasteiger partial charge in [0.25, 0.3) is 5.56 Å². The van der Waals surface area contributed by atoms with Gasteiger partial charge in [0.2, 0.25) is 5.91 Å². The molecule has 1 amide bonds. The zero-order chi connectivity index (χ0) is 17.2. The average Bonchev–Trinajstić information content (AvgIpc) is 2.85. The van der Waals surface area contributed by atoms with Crippen LogP contribution in [0.5, 0.6) is 0 Å². The van der Waals surface area contributed by atoms with Crippen LogP contribution in [0, 0.1) is 0 Å². The number of likely N-dealkylation sites (N-methyl/N-ethyl adjacent to an activating group) is 1. The predicted octanol–water partition coefficient (Wildman–Crippen LogP) is 1.26. The molecule has 0 saturated carbocycles. The van der Waals surface area contributed by atoms with E-state index in [9.17, 15) is 22.8 Å². The molecule has 2 rings (SSSR count). The van der Waals surface area contributed by atoms with Gasteiger partial charge in [-0.15, -0.1) is 0 Å². The van der Waals surface area contributed by atoms with Crippen molar-refractivity contribution >= 4 is 5.91 Å². The maximum absolute atomic E-state index is 12.7. The van der Waals surface area contributed by atoms with E-state index in [2.05, 4.69) is 5.10 Å². The molecule has 0 saturated heterocycles. The second kappa shape index (κ2) is 6.27. The first kappa shape index (κ1) is 16.8. The molecule has 0 fully saturated rings. The van der Waals surface area contributed by atoms with Crippen molar-refractivity contribution in [3.05, 3.63) is 52.2 Å². The first-order valence-corrected chi connectivity index (χ1v) is 6.66. The fourth-order valence-corrected chi connectivity index (χ4v) is 2.00. The Bertz CT molecular complexity index is 764. The maximum Gasteiger partial charge on any atom is 0.417 e. The van der Waals surface area contributed by atoms with E-state index in [0.717, 1.165) is 16.2 Å². The van der Waals surface area contributed by atoms with E-state index < -0.39 is 29.8 Å². The minimum atomic E-state index is -4.57.